The predicted octanol–water partition coefficient (Wildman–Crippen LogP) is 10.6. The molecule has 0 fully saturated rings. The van der Waals surface area contributed by atoms with Crippen LogP contribution in [0.5, 0.6) is 0 Å². The molecule has 6 aromatic rings. The molecule has 0 heterocycles. The summed E-state index contributed by atoms with van der Waals surface area (Å²) >= 11 is 0. The fourth-order valence-electron chi connectivity index (χ4n) is 6.88. The molecule has 3 aliphatic rings. The zero-order chi connectivity index (χ0) is 39.5. The summed E-state index contributed by atoms with van der Waals surface area (Å²) in [7, 11) is 0. The monoisotopic (exact) mass is 513 g/mol. The van der Waals surface area contributed by atoms with Crippen LogP contribution in [0.1, 0.15) is 76.1 Å². The van der Waals surface area contributed by atoms with E-state index in [1.807, 2.05) is 0 Å². The molecule has 39 heavy (non-hydrogen) atoms. The molecule has 0 aliphatic heterocycles. The number of rotatable bonds is 0. The number of benzene rings is 6. The Kier molecular flexibility index (Phi) is 2.05. The van der Waals surface area contributed by atoms with Gasteiger partial charge in [-0.3, -0.25) is 0 Å². The van der Waals surface area contributed by atoms with Gasteiger partial charge in [0.25, 0.3) is 0 Å². The molecule has 0 bridgehead atoms. The minimum atomic E-state index is -1.30. The van der Waals surface area contributed by atoms with E-state index in [0.29, 0.717) is 33.4 Å². The van der Waals surface area contributed by atoms with Gasteiger partial charge in [-0.15, -0.1) is 0 Å². The summed E-state index contributed by atoms with van der Waals surface area (Å²) in [6.45, 7) is 8.73. The molecule has 0 atom stereocenters. The van der Waals surface area contributed by atoms with Crippen molar-refractivity contribution in [3.63, 3.8) is 0 Å². The molecular weight excluding hydrogens is 468 g/mol. The first-order chi connectivity index (χ1) is 25.1. The van der Waals surface area contributed by atoms with Crippen LogP contribution in [-0.4, -0.2) is 0 Å². The standard InChI is InChI=1S/C39H30/c1-21-15-16-23-11-8-14-26-29-19-33-34(20-30(29)35(21)37(23)26)39(4,5)32-18-28-25-13-7-10-22-9-6-12-24(36(22)25)27(28)17-31(32)38(33,2)3/h6-20H,1-5H3/i6D,7D,8D,9D,10D,11D,12D,13D,14D,15D,16D,17D,18D,19D,20D. The van der Waals surface area contributed by atoms with Crippen LogP contribution in [0.3, 0.4) is 0 Å². The topological polar surface area (TPSA) is 0 Å². The second-order valence-electron chi connectivity index (χ2n) is 11.8. The van der Waals surface area contributed by atoms with Crippen molar-refractivity contribution in [3.05, 3.63) is 118 Å². The van der Waals surface area contributed by atoms with Crippen LogP contribution in [0.4, 0.5) is 0 Å². The fourth-order valence-corrected chi connectivity index (χ4v) is 6.88. The van der Waals surface area contributed by atoms with Crippen LogP contribution in [0.25, 0.3) is 66.1 Å². The van der Waals surface area contributed by atoms with Crippen LogP contribution >= 0.6 is 0 Å². The summed E-state index contributed by atoms with van der Waals surface area (Å²) in [4.78, 5) is 0. The maximum absolute atomic E-state index is 9.95. The zero-order valence-electron chi connectivity index (χ0n) is 37.0. The Balaban J connectivity index is 1.48. The van der Waals surface area contributed by atoms with E-state index in [4.69, 9.17) is 15.1 Å². The van der Waals surface area contributed by atoms with Gasteiger partial charge in [0.1, 0.15) is 0 Å². The van der Waals surface area contributed by atoms with E-state index >= 15 is 0 Å². The van der Waals surface area contributed by atoms with E-state index in [9.17, 15) is 5.48 Å². The summed E-state index contributed by atoms with van der Waals surface area (Å²) in [5.74, 6) is 0. The SMILES string of the molecule is [2H]c1c2c(c([2H])c3c1C(C)(C)c1c([2H])c4c(c([2H])c1C3(C)C)-c1c(C)c([2H])c([2H])c3c([2H])c([2H])c([2H])c-4c13)-c1c([2H])c([2H])c([2H])c3c([2H])c([2H])c([2H])c-2c13. The molecule has 0 saturated heterocycles. The zero-order valence-corrected chi connectivity index (χ0v) is 22.0. The van der Waals surface area contributed by atoms with Gasteiger partial charge in [-0.25, -0.2) is 0 Å². The first-order valence-electron chi connectivity index (χ1n) is 20.5. The lowest BCUT2D eigenvalue weighted by molar-refractivity contribution is 0.521. The van der Waals surface area contributed by atoms with Gasteiger partial charge in [-0.1, -0.05) is 94.2 Å². The second-order valence-corrected chi connectivity index (χ2v) is 11.8. The quantitative estimate of drug-likeness (QED) is 0.189. The van der Waals surface area contributed by atoms with E-state index < -0.39 is 53.1 Å². The van der Waals surface area contributed by atoms with Gasteiger partial charge in [0.05, 0.1) is 20.6 Å². The van der Waals surface area contributed by atoms with Crippen molar-refractivity contribution < 1.29 is 20.6 Å². The van der Waals surface area contributed by atoms with Gasteiger partial charge in [0, 0.05) is 10.8 Å². The van der Waals surface area contributed by atoms with Crippen molar-refractivity contribution in [3.8, 4) is 44.5 Å². The molecule has 0 amide bonds. The molecule has 186 valence electrons. The summed E-state index contributed by atoms with van der Waals surface area (Å²) in [5, 5.41) is 0.301. The molecule has 0 aromatic heterocycles. The van der Waals surface area contributed by atoms with Gasteiger partial charge >= 0.3 is 0 Å². The lowest BCUT2D eigenvalue weighted by Crippen LogP contribution is -2.36. The van der Waals surface area contributed by atoms with Gasteiger partial charge < -0.3 is 0 Å². The third-order valence-electron chi connectivity index (χ3n) is 8.88. The Labute approximate surface area is 251 Å². The molecule has 0 spiro atoms. The second kappa shape index (κ2) is 6.69. The van der Waals surface area contributed by atoms with Crippen molar-refractivity contribution in [2.75, 3.05) is 0 Å². The van der Waals surface area contributed by atoms with Crippen LogP contribution in [0.2, 0.25) is 0 Å². The van der Waals surface area contributed by atoms with E-state index in [1.54, 1.807) is 34.6 Å². The van der Waals surface area contributed by atoms with Crippen molar-refractivity contribution >= 4 is 21.5 Å². The van der Waals surface area contributed by atoms with Gasteiger partial charge in [0.2, 0.25) is 0 Å². The lowest BCUT2D eigenvalue weighted by atomic mass is 9.59. The van der Waals surface area contributed by atoms with E-state index in [1.165, 1.54) is 0 Å². The Morgan fingerprint density at radius 3 is 1.38 bits per heavy atom. The Morgan fingerprint density at radius 2 is 0.872 bits per heavy atom. The minimum Gasteiger partial charge on any atom is -0.0610 e. The highest BCUT2D eigenvalue weighted by molar-refractivity contribution is 6.17. The van der Waals surface area contributed by atoms with Crippen molar-refractivity contribution in [1.82, 2.24) is 0 Å². The molecule has 0 N–H and O–H groups in total. The highest BCUT2D eigenvalue weighted by Gasteiger charge is 2.44. The predicted molar refractivity (Wildman–Crippen MR) is 166 cm³/mol. The van der Waals surface area contributed by atoms with Crippen molar-refractivity contribution in [2.45, 2.75) is 45.4 Å². The summed E-state index contributed by atoms with van der Waals surface area (Å²) < 4.78 is 136. The van der Waals surface area contributed by atoms with Gasteiger partial charge in [0.15, 0.2) is 0 Å². The maximum atomic E-state index is 9.95. The molecule has 0 heteroatoms. The summed E-state index contributed by atoms with van der Waals surface area (Å²) in [6.07, 6.45) is 0. The Bertz CT molecular complexity index is 2550. The maximum Gasteiger partial charge on any atom is 0.0633 e. The van der Waals surface area contributed by atoms with Gasteiger partial charge in [-0.05, 0) is 125 Å². The summed E-state index contributed by atoms with van der Waals surface area (Å²) in [5.41, 5.74) is 0.269. The molecule has 9 rings (SSSR count). The number of hydrogen-bond donors (Lipinski definition) is 0. The highest BCUT2D eigenvalue weighted by atomic mass is 14.5. The minimum absolute atomic E-state index is 0.00382. The van der Waals surface area contributed by atoms with Crippen LogP contribution in [0.15, 0.2) is 90.6 Å². The van der Waals surface area contributed by atoms with Gasteiger partial charge in [-0.2, -0.15) is 0 Å². The lowest BCUT2D eigenvalue weighted by Gasteiger charge is -2.44. The van der Waals surface area contributed by atoms with Crippen LogP contribution in [0, 0.1) is 6.92 Å². The molecule has 0 radical (unpaired) electrons. The fraction of sp³-hybridized carbons (Fsp3) is 0.179. The highest BCUT2D eigenvalue weighted by Crippen LogP contribution is 2.58. The summed E-state index contributed by atoms with van der Waals surface area (Å²) in [6, 6.07) is -4.76. The van der Waals surface area contributed by atoms with Crippen molar-refractivity contribution in [1.29, 1.82) is 0 Å². The van der Waals surface area contributed by atoms with Crippen LogP contribution in [-0.2, 0) is 10.8 Å². The first-order valence-corrected chi connectivity index (χ1v) is 13.0. The number of fused-ring (bicyclic) bond motifs is 8. The Morgan fingerprint density at radius 1 is 0.462 bits per heavy atom. The smallest absolute Gasteiger partial charge is 0.0610 e. The average Bonchev–Trinajstić information content (AvgIpc) is 3.65. The van der Waals surface area contributed by atoms with E-state index in [0.717, 1.165) is 0 Å². The molecule has 0 nitrogen and oxygen atoms in total. The molecular formula is C39H30. The van der Waals surface area contributed by atoms with Crippen molar-refractivity contribution in [2.24, 2.45) is 0 Å². The molecule has 0 saturated carbocycles. The third kappa shape index (κ3) is 2.43. The van der Waals surface area contributed by atoms with E-state index in [2.05, 4.69) is 0 Å². The number of hydrogen-bond acceptors (Lipinski definition) is 0. The first kappa shape index (κ1) is 11.9. The largest absolute Gasteiger partial charge is 0.0633 e. The van der Waals surface area contributed by atoms with Crippen LogP contribution < -0.4 is 0 Å². The van der Waals surface area contributed by atoms with E-state index in [-0.39, 0.29) is 109 Å². The Hall–Kier alpha value is -4.16. The average molecular weight is 514 g/mol. The third-order valence-corrected chi connectivity index (χ3v) is 8.88. The molecule has 0 unspecified atom stereocenters. The molecule has 3 aliphatic carbocycles. The molecule has 6 aromatic carbocycles. The normalized spacial score (nSPS) is 21.6.